The summed E-state index contributed by atoms with van der Waals surface area (Å²) in [6.07, 6.45) is 1.32. The van der Waals surface area contributed by atoms with E-state index in [9.17, 15) is 9.59 Å². The molecule has 0 spiro atoms. The average Bonchev–Trinajstić information content (AvgIpc) is 2.95. The number of ether oxygens (including phenoxy) is 1. The van der Waals surface area contributed by atoms with Crippen LogP contribution in [0.25, 0.3) is 0 Å². The van der Waals surface area contributed by atoms with Crippen molar-refractivity contribution in [3.63, 3.8) is 0 Å². The van der Waals surface area contributed by atoms with Crippen molar-refractivity contribution in [1.82, 2.24) is 4.90 Å². The third-order valence-corrected chi connectivity index (χ3v) is 4.92. The van der Waals surface area contributed by atoms with E-state index in [0.29, 0.717) is 24.4 Å². The lowest BCUT2D eigenvalue weighted by Gasteiger charge is -2.22. The molecule has 6 heteroatoms. The molecule has 1 aliphatic rings. The van der Waals surface area contributed by atoms with Gasteiger partial charge in [-0.3, -0.25) is 9.59 Å². The molecule has 1 amide bonds. The summed E-state index contributed by atoms with van der Waals surface area (Å²) in [7, 11) is 1.53. The monoisotopic (exact) mass is 382 g/mol. The fraction of sp³-hybridized carbons (Fsp3) is 0.529. The van der Waals surface area contributed by atoms with E-state index in [1.165, 1.54) is 7.11 Å². The van der Waals surface area contributed by atoms with Crippen LogP contribution < -0.4 is 10.5 Å². The molecule has 0 bridgehead atoms. The fourth-order valence-electron chi connectivity index (χ4n) is 2.81. The van der Waals surface area contributed by atoms with Crippen LogP contribution in [0.4, 0.5) is 0 Å². The summed E-state index contributed by atoms with van der Waals surface area (Å²) < 4.78 is 6.03. The van der Waals surface area contributed by atoms with Crippen LogP contribution in [0.1, 0.15) is 36.5 Å². The number of Topliss-reactive ketones (excluding diaryl/α,β-unsaturated/α-hetero) is 1. The molecule has 0 aliphatic carbocycles. The highest BCUT2D eigenvalue weighted by Gasteiger charge is 2.34. The predicted octanol–water partition coefficient (Wildman–Crippen LogP) is 2.62. The lowest BCUT2D eigenvalue weighted by molar-refractivity contribution is -0.130. The van der Waals surface area contributed by atoms with E-state index in [4.69, 9.17) is 10.5 Å². The summed E-state index contributed by atoms with van der Waals surface area (Å²) in [5.41, 5.74) is 6.27. The van der Waals surface area contributed by atoms with Crippen LogP contribution in [0.2, 0.25) is 0 Å². The van der Waals surface area contributed by atoms with Gasteiger partial charge in [0.25, 0.3) is 0 Å². The smallest absolute Gasteiger partial charge is 0.223 e. The van der Waals surface area contributed by atoms with Gasteiger partial charge in [0.15, 0.2) is 5.78 Å². The third kappa shape index (κ3) is 4.32. The van der Waals surface area contributed by atoms with Crippen LogP contribution in [-0.4, -0.2) is 43.3 Å². The summed E-state index contributed by atoms with van der Waals surface area (Å²) in [6, 6.07) is 5.29. The molecular weight excluding hydrogens is 360 g/mol. The molecule has 1 aromatic rings. The van der Waals surface area contributed by atoms with Crippen molar-refractivity contribution in [2.24, 2.45) is 11.1 Å². The number of nitrogens with zero attached hydrogens (tertiary/aromatic N) is 1. The number of halogens is 1. The first-order chi connectivity index (χ1) is 10.9. The topological polar surface area (TPSA) is 72.6 Å². The SMILES string of the molecule is COc1ccc(Br)cc1C(=O)CCC(=O)N1CCC(C)(CN)C1. The van der Waals surface area contributed by atoms with Crippen molar-refractivity contribution < 1.29 is 14.3 Å². The second kappa shape index (κ2) is 7.45. The summed E-state index contributed by atoms with van der Waals surface area (Å²) in [6.45, 7) is 4.07. The molecule has 1 aromatic carbocycles. The average molecular weight is 383 g/mol. The van der Waals surface area contributed by atoms with Crippen LogP contribution in [0.5, 0.6) is 5.75 Å². The van der Waals surface area contributed by atoms with Gasteiger partial charge in [-0.1, -0.05) is 22.9 Å². The Balaban J connectivity index is 1.95. The lowest BCUT2D eigenvalue weighted by Crippen LogP contribution is -2.34. The van der Waals surface area contributed by atoms with E-state index < -0.39 is 0 Å². The van der Waals surface area contributed by atoms with Crippen molar-refractivity contribution >= 4 is 27.6 Å². The minimum atomic E-state index is -0.0858. The summed E-state index contributed by atoms with van der Waals surface area (Å²) in [5, 5.41) is 0. The van der Waals surface area contributed by atoms with Crippen LogP contribution in [0.3, 0.4) is 0 Å². The zero-order valence-electron chi connectivity index (χ0n) is 13.6. The highest BCUT2D eigenvalue weighted by atomic mass is 79.9. The first-order valence-corrected chi connectivity index (χ1v) is 8.52. The van der Waals surface area contributed by atoms with Gasteiger partial charge < -0.3 is 15.4 Å². The minimum absolute atomic E-state index is 0.00713. The molecule has 2 rings (SSSR count). The molecule has 0 radical (unpaired) electrons. The van der Waals surface area contributed by atoms with E-state index >= 15 is 0 Å². The number of carbonyl (C=O) groups excluding carboxylic acids is 2. The second-order valence-corrected chi connectivity index (χ2v) is 7.26. The molecule has 23 heavy (non-hydrogen) atoms. The van der Waals surface area contributed by atoms with E-state index in [-0.39, 0.29) is 29.9 Å². The number of nitrogens with two attached hydrogens (primary N) is 1. The van der Waals surface area contributed by atoms with Crippen LogP contribution in [0.15, 0.2) is 22.7 Å². The van der Waals surface area contributed by atoms with E-state index in [1.54, 1.807) is 12.1 Å². The number of likely N-dealkylation sites (tertiary alicyclic amines) is 1. The highest BCUT2D eigenvalue weighted by molar-refractivity contribution is 9.10. The molecule has 126 valence electrons. The Morgan fingerprint density at radius 3 is 2.74 bits per heavy atom. The molecule has 1 heterocycles. The predicted molar refractivity (Wildman–Crippen MR) is 92.6 cm³/mol. The molecule has 0 saturated carbocycles. The largest absolute Gasteiger partial charge is 0.496 e. The molecule has 5 nitrogen and oxygen atoms in total. The van der Waals surface area contributed by atoms with Crippen LogP contribution in [0, 0.1) is 5.41 Å². The van der Waals surface area contributed by atoms with Gasteiger partial charge in [-0.2, -0.15) is 0 Å². The Kier molecular flexibility index (Phi) is 5.81. The van der Waals surface area contributed by atoms with E-state index in [1.807, 2.05) is 11.0 Å². The fourth-order valence-corrected chi connectivity index (χ4v) is 3.18. The molecule has 1 unspecified atom stereocenters. The van der Waals surface area contributed by atoms with Crippen molar-refractivity contribution in [3.8, 4) is 5.75 Å². The number of methoxy groups -OCH3 is 1. The number of amides is 1. The summed E-state index contributed by atoms with van der Waals surface area (Å²) in [4.78, 5) is 26.5. The van der Waals surface area contributed by atoms with Crippen molar-refractivity contribution in [2.45, 2.75) is 26.2 Å². The summed E-state index contributed by atoms with van der Waals surface area (Å²) in [5.74, 6) is 0.462. The maximum atomic E-state index is 12.4. The number of carbonyl (C=O) groups is 2. The van der Waals surface area contributed by atoms with Crippen molar-refractivity contribution in [2.75, 3.05) is 26.7 Å². The maximum Gasteiger partial charge on any atom is 0.223 e. The minimum Gasteiger partial charge on any atom is -0.496 e. The Labute approximate surface area is 145 Å². The number of rotatable bonds is 6. The van der Waals surface area contributed by atoms with Gasteiger partial charge >= 0.3 is 0 Å². The highest BCUT2D eigenvalue weighted by Crippen LogP contribution is 2.29. The maximum absolute atomic E-state index is 12.4. The van der Waals surface area contributed by atoms with Crippen LogP contribution >= 0.6 is 15.9 Å². The van der Waals surface area contributed by atoms with Gasteiger partial charge in [0.2, 0.25) is 5.91 Å². The van der Waals surface area contributed by atoms with Crippen LogP contribution in [-0.2, 0) is 4.79 Å². The van der Waals surface area contributed by atoms with Crippen molar-refractivity contribution in [3.05, 3.63) is 28.2 Å². The molecule has 1 saturated heterocycles. The first-order valence-electron chi connectivity index (χ1n) is 7.73. The van der Waals surface area contributed by atoms with Gasteiger partial charge in [-0.15, -0.1) is 0 Å². The number of benzene rings is 1. The molecule has 1 fully saturated rings. The molecule has 0 aromatic heterocycles. The number of hydrogen-bond acceptors (Lipinski definition) is 4. The zero-order valence-corrected chi connectivity index (χ0v) is 15.2. The van der Waals surface area contributed by atoms with Gasteiger partial charge in [0.1, 0.15) is 5.75 Å². The molecule has 2 N–H and O–H groups in total. The number of hydrogen-bond donors (Lipinski definition) is 1. The molecule has 1 atom stereocenters. The molecular formula is C17H23BrN2O3. The van der Waals surface area contributed by atoms with Crippen molar-refractivity contribution in [1.29, 1.82) is 0 Å². The van der Waals surface area contributed by atoms with E-state index in [0.717, 1.165) is 17.4 Å². The Morgan fingerprint density at radius 1 is 1.39 bits per heavy atom. The normalized spacial score (nSPS) is 20.6. The van der Waals surface area contributed by atoms with E-state index in [2.05, 4.69) is 22.9 Å². The zero-order chi connectivity index (χ0) is 17.0. The van der Waals surface area contributed by atoms with Gasteiger partial charge in [0.05, 0.1) is 12.7 Å². The summed E-state index contributed by atoms with van der Waals surface area (Å²) >= 11 is 3.35. The number of ketones is 1. The Bertz CT molecular complexity index is 606. The quantitative estimate of drug-likeness (QED) is 0.767. The lowest BCUT2D eigenvalue weighted by atomic mass is 9.90. The first kappa shape index (κ1) is 17.9. The van der Waals surface area contributed by atoms with Gasteiger partial charge in [-0.05, 0) is 36.6 Å². The van der Waals surface area contributed by atoms with Gasteiger partial charge in [-0.25, -0.2) is 0 Å². The van der Waals surface area contributed by atoms with Gasteiger partial charge in [0, 0.05) is 30.4 Å². The Hall–Kier alpha value is -1.40. The third-order valence-electron chi connectivity index (χ3n) is 4.43. The standard InChI is InChI=1S/C17H23BrN2O3/c1-17(10-19)7-8-20(11-17)16(22)6-4-14(21)13-9-12(18)3-5-15(13)23-2/h3,5,9H,4,6-8,10-11,19H2,1-2H3. The second-order valence-electron chi connectivity index (χ2n) is 6.35. The molecule has 1 aliphatic heterocycles. The Morgan fingerprint density at radius 2 is 2.13 bits per heavy atom.